The Balaban J connectivity index is 2.30. The first-order chi connectivity index (χ1) is 9.54. The molecule has 0 bridgehead atoms. The predicted molar refractivity (Wildman–Crippen MR) is 75.6 cm³/mol. The second kappa shape index (κ2) is 5.98. The van der Waals surface area contributed by atoms with E-state index in [1.54, 1.807) is 31.3 Å². The fraction of sp³-hybridized carbons (Fsp3) is 0.231. The van der Waals surface area contributed by atoms with Crippen LogP contribution in [-0.4, -0.2) is 32.4 Å². The summed E-state index contributed by atoms with van der Waals surface area (Å²) in [5, 5.41) is 3.84. The van der Waals surface area contributed by atoms with Crippen LogP contribution < -0.4 is 10.0 Å². The summed E-state index contributed by atoms with van der Waals surface area (Å²) in [7, 11) is -3.74. The molecule has 0 aliphatic rings. The van der Waals surface area contributed by atoms with Gasteiger partial charge in [-0.3, -0.25) is 9.78 Å². The van der Waals surface area contributed by atoms with Crippen molar-refractivity contribution in [3.8, 4) is 0 Å². The van der Waals surface area contributed by atoms with Gasteiger partial charge in [-0.05, 0) is 19.1 Å². The molecule has 0 saturated heterocycles. The Labute approximate surface area is 117 Å². The quantitative estimate of drug-likeness (QED) is 0.847. The van der Waals surface area contributed by atoms with E-state index < -0.39 is 10.0 Å². The summed E-state index contributed by atoms with van der Waals surface area (Å²) in [4.78, 5) is 15.4. The van der Waals surface area contributed by atoms with Gasteiger partial charge in [-0.25, -0.2) is 13.1 Å². The third-order valence-electron chi connectivity index (χ3n) is 2.73. The minimum Gasteiger partial charge on any atom is -0.355 e. The fourth-order valence-electron chi connectivity index (χ4n) is 1.83. The van der Waals surface area contributed by atoms with Crippen molar-refractivity contribution in [1.82, 2.24) is 15.0 Å². The average Bonchev–Trinajstić information content (AvgIpc) is 2.45. The third kappa shape index (κ3) is 3.12. The number of carbonyl (C=O) groups excluding carboxylic acids is 1. The van der Waals surface area contributed by atoms with E-state index in [1.807, 2.05) is 0 Å². The Kier molecular flexibility index (Phi) is 4.31. The summed E-state index contributed by atoms with van der Waals surface area (Å²) in [5.74, 6) is -0.363. The van der Waals surface area contributed by atoms with E-state index in [0.717, 1.165) is 5.39 Å². The van der Waals surface area contributed by atoms with Crippen LogP contribution in [0.25, 0.3) is 10.8 Å². The van der Waals surface area contributed by atoms with Gasteiger partial charge in [-0.2, -0.15) is 0 Å². The third-order valence-corrected chi connectivity index (χ3v) is 4.19. The van der Waals surface area contributed by atoms with Crippen LogP contribution >= 0.6 is 0 Å². The molecule has 106 valence electrons. The zero-order valence-corrected chi connectivity index (χ0v) is 11.8. The molecule has 0 unspecified atom stereocenters. The van der Waals surface area contributed by atoms with Crippen LogP contribution in [0.2, 0.25) is 0 Å². The molecule has 0 aliphatic heterocycles. The number of benzene rings is 1. The normalized spacial score (nSPS) is 11.4. The lowest BCUT2D eigenvalue weighted by Gasteiger charge is -2.09. The molecule has 0 atom stereocenters. The maximum atomic E-state index is 12.2. The van der Waals surface area contributed by atoms with Crippen LogP contribution in [0.5, 0.6) is 0 Å². The number of hydrogen-bond donors (Lipinski definition) is 2. The van der Waals surface area contributed by atoms with Crippen molar-refractivity contribution in [2.24, 2.45) is 0 Å². The molecule has 7 heteroatoms. The van der Waals surface area contributed by atoms with Crippen LogP contribution in [0.4, 0.5) is 0 Å². The Morgan fingerprint density at radius 3 is 2.85 bits per heavy atom. The maximum absolute atomic E-state index is 12.2. The molecule has 0 aliphatic carbocycles. The summed E-state index contributed by atoms with van der Waals surface area (Å²) in [6.07, 6.45) is 3.13. The standard InChI is InChI=1S/C13H15N3O3S/c1-2-15-13(17)9-16-20(18,19)12-5-3-4-10-8-14-7-6-11(10)12/h3-8,16H,2,9H2,1H3,(H,15,17). The van der Waals surface area contributed by atoms with Gasteiger partial charge in [0.15, 0.2) is 0 Å². The molecule has 20 heavy (non-hydrogen) atoms. The van der Waals surface area contributed by atoms with Crippen LogP contribution in [0.15, 0.2) is 41.6 Å². The minimum atomic E-state index is -3.74. The number of nitrogens with zero attached hydrogens (tertiary/aromatic N) is 1. The van der Waals surface area contributed by atoms with E-state index in [9.17, 15) is 13.2 Å². The van der Waals surface area contributed by atoms with E-state index >= 15 is 0 Å². The van der Waals surface area contributed by atoms with E-state index in [-0.39, 0.29) is 17.3 Å². The lowest BCUT2D eigenvalue weighted by molar-refractivity contribution is -0.119. The number of aromatic nitrogens is 1. The lowest BCUT2D eigenvalue weighted by Crippen LogP contribution is -2.36. The van der Waals surface area contributed by atoms with Gasteiger partial charge in [0.05, 0.1) is 11.4 Å². The average molecular weight is 293 g/mol. The number of carbonyl (C=O) groups is 1. The Bertz CT molecular complexity index is 723. The second-order valence-corrected chi connectivity index (χ2v) is 5.87. The van der Waals surface area contributed by atoms with E-state index in [4.69, 9.17) is 0 Å². The van der Waals surface area contributed by atoms with Gasteiger partial charge < -0.3 is 5.32 Å². The number of fused-ring (bicyclic) bond motifs is 1. The van der Waals surface area contributed by atoms with Crippen LogP contribution in [-0.2, 0) is 14.8 Å². The Morgan fingerprint density at radius 2 is 2.10 bits per heavy atom. The largest absolute Gasteiger partial charge is 0.355 e. The van der Waals surface area contributed by atoms with Gasteiger partial charge >= 0.3 is 0 Å². The lowest BCUT2D eigenvalue weighted by atomic mass is 10.2. The molecule has 2 rings (SSSR count). The molecule has 0 fully saturated rings. The summed E-state index contributed by atoms with van der Waals surface area (Å²) in [6, 6.07) is 6.56. The molecule has 0 spiro atoms. The molecule has 6 nitrogen and oxygen atoms in total. The fourth-order valence-corrected chi connectivity index (χ4v) is 3.03. The van der Waals surface area contributed by atoms with Gasteiger partial charge in [-0.15, -0.1) is 0 Å². The first-order valence-corrected chi connectivity index (χ1v) is 7.62. The smallest absolute Gasteiger partial charge is 0.241 e. The van der Waals surface area contributed by atoms with Crippen molar-refractivity contribution in [3.05, 3.63) is 36.7 Å². The number of amides is 1. The Hall–Kier alpha value is -1.99. The van der Waals surface area contributed by atoms with Crippen molar-refractivity contribution in [2.75, 3.05) is 13.1 Å². The summed E-state index contributed by atoms with van der Waals surface area (Å²) >= 11 is 0. The molecule has 0 radical (unpaired) electrons. The van der Waals surface area contributed by atoms with Crippen molar-refractivity contribution in [1.29, 1.82) is 0 Å². The number of rotatable bonds is 5. The molecule has 2 N–H and O–H groups in total. The van der Waals surface area contributed by atoms with Crippen molar-refractivity contribution >= 4 is 26.7 Å². The summed E-state index contributed by atoms with van der Waals surface area (Å²) < 4.78 is 26.8. The first-order valence-electron chi connectivity index (χ1n) is 6.13. The molecular formula is C13H15N3O3S. The summed E-state index contributed by atoms with van der Waals surface area (Å²) in [6.45, 7) is 1.95. The molecular weight excluding hydrogens is 278 g/mol. The summed E-state index contributed by atoms with van der Waals surface area (Å²) in [5.41, 5.74) is 0. The highest BCUT2D eigenvalue weighted by Crippen LogP contribution is 2.21. The maximum Gasteiger partial charge on any atom is 0.241 e. The van der Waals surface area contributed by atoms with Crippen molar-refractivity contribution in [2.45, 2.75) is 11.8 Å². The van der Waals surface area contributed by atoms with E-state index in [0.29, 0.717) is 11.9 Å². The van der Waals surface area contributed by atoms with Crippen LogP contribution in [0, 0.1) is 0 Å². The molecule has 2 aromatic rings. The predicted octanol–water partition coefficient (Wildman–Crippen LogP) is 0.649. The van der Waals surface area contributed by atoms with E-state index in [1.165, 1.54) is 12.3 Å². The first kappa shape index (κ1) is 14.4. The number of sulfonamides is 1. The number of pyridine rings is 1. The van der Waals surface area contributed by atoms with Crippen molar-refractivity contribution < 1.29 is 13.2 Å². The van der Waals surface area contributed by atoms with Gasteiger partial charge in [0.1, 0.15) is 0 Å². The molecule has 1 heterocycles. The van der Waals surface area contributed by atoms with Gasteiger partial charge in [0.25, 0.3) is 0 Å². The zero-order valence-electron chi connectivity index (χ0n) is 11.0. The number of nitrogens with one attached hydrogen (secondary N) is 2. The van der Waals surface area contributed by atoms with Crippen LogP contribution in [0.3, 0.4) is 0 Å². The molecule has 1 aromatic carbocycles. The number of likely N-dealkylation sites (N-methyl/N-ethyl adjacent to an activating group) is 1. The minimum absolute atomic E-state index is 0.140. The van der Waals surface area contributed by atoms with Crippen molar-refractivity contribution in [3.63, 3.8) is 0 Å². The molecule has 0 saturated carbocycles. The van der Waals surface area contributed by atoms with Gasteiger partial charge in [0.2, 0.25) is 15.9 Å². The van der Waals surface area contributed by atoms with Gasteiger partial charge in [0, 0.05) is 29.7 Å². The number of hydrogen-bond acceptors (Lipinski definition) is 4. The molecule has 1 amide bonds. The molecule has 1 aromatic heterocycles. The monoisotopic (exact) mass is 293 g/mol. The SMILES string of the molecule is CCNC(=O)CNS(=O)(=O)c1cccc2cnccc12. The highest BCUT2D eigenvalue weighted by Gasteiger charge is 2.17. The van der Waals surface area contributed by atoms with E-state index in [2.05, 4.69) is 15.0 Å². The zero-order chi connectivity index (χ0) is 14.6. The second-order valence-electron chi connectivity index (χ2n) is 4.13. The topological polar surface area (TPSA) is 88.2 Å². The van der Waals surface area contributed by atoms with Gasteiger partial charge in [-0.1, -0.05) is 12.1 Å². The Morgan fingerprint density at radius 1 is 1.30 bits per heavy atom. The highest BCUT2D eigenvalue weighted by molar-refractivity contribution is 7.89. The van der Waals surface area contributed by atoms with Crippen LogP contribution in [0.1, 0.15) is 6.92 Å². The highest BCUT2D eigenvalue weighted by atomic mass is 32.2.